The lowest BCUT2D eigenvalue weighted by Gasteiger charge is -2.15. The number of fused-ring (bicyclic) bond motifs is 1. The van der Waals surface area contributed by atoms with Crippen molar-refractivity contribution in [2.24, 2.45) is 0 Å². The topological polar surface area (TPSA) is 48.3 Å². The zero-order valence-corrected chi connectivity index (χ0v) is 21.3. The standard InChI is InChI=1S/C28H21Cl2NO3S/c1-18-7-14-22(15-8-18)35(32,33)31-26-16-11-20(29)17-24(26)27(23-5-3-4-6-25(23)30)28(31)19-9-12-21(34-2)13-10-19/h3-17H,1-2H3. The van der Waals surface area contributed by atoms with Crippen molar-refractivity contribution in [3.63, 3.8) is 0 Å². The second kappa shape index (κ2) is 9.08. The number of halogens is 2. The molecule has 0 N–H and O–H groups in total. The number of benzene rings is 4. The van der Waals surface area contributed by atoms with E-state index in [1.165, 1.54) is 3.97 Å². The molecule has 0 saturated carbocycles. The first-order valence-electron chi connectivity index (χ1n) is 10.9. The molecule has 0 unspecified atom stereocenters. The summed E-state index contributed by atoms with van der Waals surface area (Å²) < 4.78 is 35.0. The molecule has 0 amide bonds. The van der Waals surface area contributed by atoms with Crippen molar-refractivity contribution in [2.75, 3.05) is 7.11 Å². The zero-order chi connectivity index (χ0) is 24.7. The summed E-state index contributed by atoms with van der Waals surface area (Å²) in [6, 6.07) is 26.7. The van der Waals surface area contributed by atoms with Crippen LogP contribution in [0.25, 0.3) is 33.3 Å². The quantitative estimate of drug-likeness (QED) is 0.236. The number of hydrogen-bond acceptors (Lipinski definition) is 3. The van der Waals surface area contributed by atoms with Gasteiger partial charge in [-0.05, 0) is 67.6 Å². The average molecular weight is 522 g/mol. The number of ether oxygens (including phenoxy) is 1. The van der Waals surface area contributed by atoms with Crippen molar-refractivity contribution in [3.05, 3.63) is 107 Å². The van der Waals surface area contributed by atoms with Gasteiger partial charge in [-0.15, -0.1) is 0 Å². The molecule has 0 bridgehead atoms. The van der Waals surface area contributed by atoms with Crippen molar-refractivity contribution >= 4 is 44.1 Å². The fourth-order valence-corrected chi connectivity index (χ4v) is 6.20. The molecule has 4 aromatic carbocycles. The Balaban J connectivity index is 1.96. The summed E-state index contributed by atoms with van der Waals surface area (Å²) in [5, 5.41) is 1.69. The Hall–Kier alpha value is -3.25. The van der Waals surface area contributed by atoms with Crippen LogP contribution in [0, 0.1) is 6.92 Å². The van der Waals surface area contributed by atoms with E-state index in [4.69, 9.17) is 27.9 Å². The van der Waals surface area contributed by atoms with Gasteiger partial charge in [-0.3, -0.25) is 0 Å². The molecule has 176 valence electrons. The molecule has 0 saturated heterocycles. The number of aromatic nitrogens is 1. The van der Waals surface area contributed by atoms with Gasteiger partial charge in [-0.2, -0.15) is 0 Å². The van der Waals surface area contributed by atoms with Crippen LogP contribution in [-0.4, -0.2) is 19.5 Å². The van der Waals surface area contributed by atoms with Crippen LogP contribution in [0.1, 0.15) is 5.56 Å². The van der Waals surface area contributed by atoms with E-state index in [1.54, 1.807) is 67.8 Å². The lowest BCUT2D eigenvalue weighted by Crippen LogP contribution is -2.14. The third-order valence-electron chi connectivity index (χ3n) is 5.95. The highest BCUT2D eigenvalue weighted by Gasteiger charge is 2.29. The van der Waals surface area contributed by atoms with Crippen molar-refractivity contribution in [1.82, 2.24) is 3.97 Å². The summed E-state index contributed by atoms with van der Waals surface area (Å²) in [6.07, 6.45) is 0. The molecule has 7 heteroatoms. The minimum atomic E-state index is -3.99. The summed E-state index contributed by atoms with van der Waals surface area (Å²) in [4.78, 5) is 0.190. The Morgan fingerprint density at radius 3 is 2.17 bits per heavy atom. The predicted molar refractivity (Wildman–Crippen MR) is 143 cm³/mol. The van der Waals surface area contributed by atoms with Crippen molar-refractivity contribution in [3.8, 4) is 28.1 Å². The largest absolute Gasteiger partial charge is 0.497 e. The molecule has 35 heavy (non-hydrogen) atoms. The van der Waals surface area contributed by atoms with Crippen molar-refractivity contribution < 1.29 is 13.2 Å². The predicted octanol–water partition coefficient (Wildman–Crippen LogP) is 7.84. The van der Waals surface area contributed by atoms with Gasteiger partial charge < -0.3 is 4.74 Å². The van der Waals surface area contributed by atoms with Crippen LogP contribution in [0.15, 0.2) is 95.9 Å². The van der Waals surface area contributed by atoms with Gasteiger partial charge in [-0.25, -0.2) is 12.4 Å². The van der Waals surface area contributed by atoms with Gasteiger partial charge in [0.25, 0.3) is 10.0 Å². The number of methoxy groups -OCH3 is 1. The minimum Gasteiger partial charge on any atom is -0.497 e. The highest BCUT2D eigenvalue weighted by Crippen LogP contribution is 2.45. The third-order valence-corrected chi connectivity index (χ3v) is 8.25. The van der Waals surface area contributed by atoms with Crippen LogP contribution in [0.3, 0.4) is 0 Å². The minimum absolute atomic E-state index is 0.190. The molecule has 0 spiro atoms. The number of aryl methyl sites for hydroxylation is 1. The van der Waals surface area contributed by atoms with Crippen molar-refractivity contribution in [1.29, 1.82) is 0 Å². The maximum Gasteiger partial charge on any atom is 0.268 e. The second-order valence-corrected chi connectivity index (χ2v) is 10.8. The Morgan fingerprint density at radius 1 is 0.829 bits per heavy atom. The normalized spacial score (nSPS) is 11.7. The SMILES string of the molecule is COc1ccc(-c2c(-c3ccccc3Cl)c3cc(Cl)ccc3n2S(=O)(=O)c2ccc(C)cc2)cc1. The molecule has 0 radical (unpaired) electrons. The first-order chi connectivity index (χ1) is 16.8. The molecule has 4 nitrogen and oxygen atoms in total. The molecule has 1 heterocycles. The van der Waals surface area contributed by atoms with Gasteiger partial charge >= 0.3 is 0 Å². The van der Waals surface area contributed by atoms with E-state index in [0.29, 0.717) is 49.1 Å². The highest BCUT2D eigenvalue weighted by atomic mass is 35.5. The lowest BCUT2D eigenvalue weighted by molar-refractivity contribution is 0.415. The van der Waals surface area contributed by atoms with Crippen LogP contribution < -0.4 is 4.74 Å². The maximum absolute atomic E-state index is 14.2. The van der Waals surface area contributed by atoms with Crippen LogP contribution in [-0.2, 0) is 10.0 Å². The number of hydrogen-bond donors (Lipinski definition) is 0. The van der Waals surface area contributed by atoms with Gasteiger partial charge in [0.05, 0.1) is 23.2 Å². The van der Waals surface area contributed by atoms with Gasteiger partial charge in [-0.1, -0.05) is 59.1 Å². The first-order valence-corrected chi connectivity index (χ1v) is 13.1. The molecular formula is C28H21Cl2NO3S. The fourth-order valence-electron chi connectivity index (χ4n) is 4.25. The van der Waals surface area contributed by atoms with Gasteiger partial charge in [0.2, 0.25) is 0 Å². The summed E-state index contributed by atoms with van der Waals surface area (Å²) in [5.41, 5.74) is 4.08. The molecule has 0 fully saturated rings. The smallest absolute Gasteiger partial charge is 0.268 e. The molecule has 0 aliphatic rings. The number of rotatable bonds is 5. The van der Waals surface area contributed by atoms with Crippen LogP contribution in [0.2, 0.25) is 10.0 Å². The van der Waals surface area contributed by atoms with Crippen molar-refractivity contribution in [2.45, 2.75) is 11.8 Å². The number of nitrogens with zero attached hydrogens (tertiary/aromatic N) is 1. The summed E-state index contributed by atoms with van der Waals surface area (Å²) in [7, 11) is -2.40. The van der Waals surface area contributed by atoms with E-state index in [9.17, 15) is 8.42 Å². The van der Waals surface area contributed by atoms with Crippen LogP contribution in [0.5, 0.6) is 5.75 Å². The Bertz CT molecular complexity index is 1660. The van der Waals surface area contributed by atoms with E-state index in [0.717, 1.165) is 5.56 Å². The lowest BCUT2D eigenvalue weighted by atomic mass is 9.98. The Kier molecular flexibility index (Phi) is 6.09. The summed E-state index contributed by atoms with van der Waals surface area (Å²) in [5.74, 6) is 0.667. The Morgan fingerprint density at radius 2 is 1.51 bits per heavy atom. The van der Waals surface area contributed by atoms with Gasteiger partial charge in [0, 0.05) is 32.1 Å². The van der Waals surface area contributed by atoms with E-state index in [1.807, 2.05) is 37.3 Å². The first kappa shape index (κ1) is 23.5. The molecule has 1 aromatic heterocycles. The van der Waals surface area contributed by atoms with Gasteiger partial charge in [0.1, 0.15) is 5.75 Å². The third kappa shape index (κ3) is 4.10. The average Bonchev–Trinajstić information content (AvgIpc) is 3.19. The van der Waals surface area contributed by atoms with E-state index < -0.39 is 10.0 Å². The molecule has 5 rings (SSSR count). The maximum atomic E-state index is 14.2. The molecule has 0 atom stereocenters. The second-order valence-electron chi connectivity index (χ2n) is 8.18. The zero-order valence-electron chi connectivity index (χ0n) is 19.0. The Labute approximate surface area is 214 Å². The highest BCUT2D eigenvalue weighted by molar-refractivity contribution is 7.90. The summed E-state index contributed by atoms with van der Waals surface area (Å²) in [6.45, 7) is 1.92. The van der Waals surface area contributed by atoms with Gasteiger partial charge in [0.15, 0.2) is 0 Å². The molecular weight excluding hydrogens is 501 g/mol. The van der Waals surface area contributed by atoms with Crippen LogP contribution >= 0.6 is 23.2 Å². The fraction of sp³-hybridized carbons (Fsp3) is 0.0714. The van der Waals surface area contributed by atoms with E-state index in [2.05, 4.69) is 0 Å². The monoisotopic (exact) mass is 521 g/mol. The van der Waals surface area contributed by atoms with Crippen LogP contribution in [0.4, 0.5) is 0 Å². The molecule has 0 aliphatic carbocycles. The molecule has 5 aromatic rings. The molecule has 0 aliphatic heterocycles. The summed E-state index contributed by atoms with van der Waals surface area (Å²) >= 11 is 13.1. The van der Waals surface area contributed by atoms with E-state index in [-0.39, 0.29) is 4.90 Å². The van der Waals surface area contributed by atoms with E-state index >= 15 is 0 Å².